The molecule has 1 aliphatic rings. The van der Waals surface area contributed by atoms with Gasteiger partial charge in [0, 0.05) is 10.9 Å². The Hall–Kier alpha value is -2.01. The molecule has 4 nitrogen and oxygen atoms in total. The molecule has 1 atom stereocenters. The fourth-order valence-electron chi connectivity index (χ4n) is 3.03. The van der Waals surface area contributed by atoms with Gasteiger partial charge in [-0.15, -0.1) is 0 Å². The molecule has 1 amide bonds. The number of carbonyl (C=O) groups is 1. The van der Waals surface area contributed by atoms with Gasteiger partial charge in [0.2, 0.25) is 5.91 Å². The molecular formula is C19H20BrNO3. The predicted molar refractivity (Wildman–Crippen MR) is 96.2 cm³/mol. The van der Waals surface area contributed by atoms with Gasteiger partial charge in [-0.2, -0.15) is 0 Å². The molecule has 0 spiro atoms. The molecule has 0 saturated heterocycles. The third-order valence-corrected chi connectivity index (χ3v) is 4.69. The van der Waals surface area contributed by atoms with Gasteiger partial charge in [0.25, 0.3) is 0 Å². The van der Waals surface area contributed by atoms with Gasteiger partial charge in [0.1, 0.15) is 11.5 Å². The minimum atomic E-state index is 0.00518. The molecule has 126 valence electrons. The van der Waals surface area contributed by atoms with Crippen molar-refractivity contribution < 1.29 is 14.6 Å². The van der Waals surface area contributed by atoms with Gasteiger partial charge in [-0.05, 0) is 54.7 Å². The second-order valence-corrected chi connectivity index (χ2v) is 6.83. The van der Waals surface area contributed by atoms with Crippen LogP contribution in [0.15, 0.2) is 46.9 Å². The Morgan fingerprint density at radius 1 is 1.29 bits per heavy atom. The highest BCUT2D eigenvalue weighted by Gasteiger charge is 2.25. The van der Waals surface area contributed by atoms with Crippen LogP contribution in [0.2, 0.25) is 0 Å². The van der Waals surface area contributed by atoms with Crippen LogP contribution >= 0.6 is 15.9 Å². The number of phenolic OH excluding ortho intramolecular Hbond substituents is 1. The molecule has 0 heterocycles. The predicted octanol–water partition coefficient (Wildman–Crippen LogP) is 4.12. The molecule has 3 rings (SSSR count). The fourth-order valence-corrected chi connectivity index (χ4v) is 3.41. The average Bonchev–Trinajstić information content (AvgIpc) is 2.96. The van der Waals surface area contributed by atoms with E-state index < -0.39 is 0 Å². The van der Waals surface area contributed by atoms with Crippen LogP contribution in [0.5, 0.6) is 11.5 Å². The molecule has 2 N–H and O–H groups in total. The Bertz CT molecular complexity index is 732. The van der Waals surface area contributed by atoms with Crippen LogP contribution in [-0.2, 0) is 11.2 Å². The Morgan fingerprint density at radius 2 is 2.12 bits per heavy atom. The number of halogens is 1. The lowest BCUT2D eigenvalue weighted by atomic mass is 10.1. The summed E-state index contributed by atoms with van der Waals surface area (Å²) in [6.45, 7) is 0.506. The van der Waals surface area contributed by atoms with Crippen molar-refractivity contribution >= 4 is 21.8 Å². The molecule has 24 heavy (non-hydrogen) atoms. The van der Waals surface area contributed by atoms with E-state index in [1.54, 1.807) is 6.07 Å². The lowest BCUT2D eigenvalue weighted by Crippen LogP contribution is -2.27. The number of amides is 1. The first kappa shape index (κ1) is 16.8. The molecule has 0 fully saturated rings. The maximum Gasteiger partial charge on any atom is 0.220 e. The highest BCUT2D eigenvalue weighted by atomic mass is 79.9. The average molecular weight is 390 g/mol. The van der Waals surface area contributed by atoms with Crippen LogP contribution < -0.4 is 10.1 Å². The lowest BCUT2D eigenvalue weighted by Gasteiger charge is -2.14. The number of aromatic hydroxyl groups is 1. The third kappa shape index (κ3) is 4.09. The largest absolute Gasteiger partial charge is 0.508 e. The van der Waals surface area contributed by atoms with Gasteiger partial charge in [-0.1, -0.05) is 34.1 Å². The number of phenols is 1. The van der Waals surface area contributed by atoms with E-state index in [1.165, 1.54) is 0 Å². The summed E-state index contributed by atoms with van der Waals surface area (Å²) in [5.41, 5.74) is 1.99. The van der Waals surface area contributed by atoms with Gasteiger partial charge in [0.05, 0.1) is 12.6 Å². The van der Waals surface area contributed by atoms with Crippen LogP contribution in [0, 0.1) is 0 Å². The molecule has 0 radical (unpaired) electrons. The highest BCUT2D eigenvalue weighted by molar-refractivity contribution is 9.10. The van der Waals surface area contributed by atoms with E-state index in [-0.39, 0.29) is 11.9 Å². The molecule has 1 unspecified atom stereocenters. The van der Waals surface area contributed by atoms with Gasteiger partial charge in [-0.25, -0.2) is 0 Å². The van der Waals surface area contributed by atoms with Crippen LogP contribution in [-0.4, -0.2) is 17.6 Å². The van der Waals surface area contributed by atoms with E-state index in [4.69, 9.17) is 4.74 Å². The summed E-state index contributed by atoms with van der Waals surface area (Å²) < 4.78 is 6.61. The van der Waals surface area contributed by atoms with Crippen molar-refractivity contribution in [2.24, 2.45) is 0 Å². The van der Waals surface area contributed by atoms with Crippen molar-refractivity contribution in [2.75, 3.05) is 6.61 Å². The van der Waals surface area contributed by atoms with E-state index >= 15 is 0 Å². The number of rotatable bonds is 6. The summed E-state index contributed by atoms with van der Waals surface area (Å²) in [4.78, 5) is 12.1. The number of hydrogen-bond donors (Lipinski definition) is 2. The van der Waals surface area contributed by atoms with E-state index in [2.05, 4.69) is 21.2 Å². The Balaban J connectivity index is 1.43. The summed E-state index contributed by atoms with van der Waals surface area (Å²) in [7, 11) is 0. The van der Waals surface area contributed by atoms with Crippen molar-refractivity contribution in [2.45, 2.75) is 31.7 Å². The first-order valence-electron chi connectivity index (χ1n) is 8.12. The number of nitrogens with one attached hydrogen (secondary N) is 1. The number of fused-ring (bicyclic) bond motifs is 1. The molecule has 2 aromatic carbocycles. The second kappa shape index (κ2) is 7.71. The van der Waals surface area contributed by atoms with Crippen molar-refractivity contribution in [3.63, 3.8) is 0 Å². The van der Waals surface area contributed by atoms with Gasteiger partial charge < -0.3 is 15.2 Å². The summed E-state index contributed by atoms with van der Waals surface area (Å²) in [5.74, 6) is 1.14. The zero-order valence-corrected chi connectivity index (χ0v) is 14.9. The van der Waals surface area contributed by atoms with Crippen molar-refractivity contribution in [1.29, 1.82) is 0 Å². The molecule has 5 heteroatoms. The van der Waals surface area contributed by atoms with Crippen LogP contribution in [0.1, 0.15) is 36.4 Å². The number of ether oxygens (including phenoxy) is 1. The summed E-state index contributed by atoms with van der Waals surface area (Å²) >= 11 is 3.40. The Labute approximate surface area is 150 Å². The first-order valence-corrected chi connectivity index (χ1v) is 8.91. The van der Waals surface area contributed by atoms with Crippen LogP contribution in [0.3, 0.4) is 0 Å². The zero-order chi connectivity index (χ0) is 16.9. The third-order valence-electron chi connectivity index (χ3n) is 4.19. The monoisotopic (exact) mass is 389 g/mol. The van der Waals surface area contributed by atoms with Crippen LogP contribution in [0.4, 0.5) is 0 Å². The first-order chi connectivity index (χ1) is 11.6. The van der Waals surface area contributed by atoms with Gasteiger partial charge >= 0.3 is 0 Å². The Kier molecular flexibility index (Phi) is 5.41. The fraction of sp³-hybridized carbons (Fsp3) is 0.316. The summed E-state index contributed by atoms with van der Waals surface area (Å²) in [5, 5.41) is 12.9. The molecule has 0 bridgehead atoms. The second-order valence-electron chi connectivity index (χ2n) is 5.91. The summed E-state index contributed by atoms with van der Waals surface area (Å²) in [6, 6.07) is 13.2. The number of carbonyl (C=O) groups excluding carboxylic acids is 1. The molecule has 0 aromatic heterocycles. The quantitative estimate of drug-likeness (QED) is 0.730. The number of benzene rings is 2. The van der Waals surface area contributed by atoms with E-state index in [9.17, 15) is 9.90 Å². The Morgan fingerprint density at radius 3 is 2.96 bits per heavy atom. The molecule has 1 aliphatic carbocycles. The molecule has 0 aliphatic heterocycles. The van der Waals surface area contributed by atoms with E-state index in [1.807, 2.05) is 36.4 Å². The molecular weight excluding hydrogens is 370 g/mol. The van der Waals surface area contributed by atoms with E-state index in [0.717, 1.165) is 34.2 Å². The standard InChI is InChI=1S/C19H20BrNO3/c20-13-4-1-5-14(12-13)24-11-3-8-19(23)21-17-10-9-16-15(17)6-2-7-18(16)22/h1-2,4-7,12,17,22H,3,8-11H2,(H,21,23). The van der Waals surface area contributed by atoms with Gasteiger partial charge in [0.15, 0.2) is 0 Å². The zero-order valence-electron chi connectivity index (χ0n) is 13.3. The van der Waals surface area contributed by atoms with Gasteiger partial charge in [-0.3, -0.25) is 4.79 Å². The number of hydrogen-bond acceptors (Lipinski definition) is 3. The smallest absolute Gasteiger partial charge is 0.220 e. The van der Waals surface area contributed by atoms with Crippen molar-refractivity contribution in [3.05, 3.63) is 58.1 Å². The molecule has 0 saturated carbocycles. The minimum Gasteiger partial charge on any atom is -0.508 e. The summed E-state index contributed by atoms with van der Waals surface area (Å²) in [6.07, 6.45) is 2.74. The van der Waals surface area contributed by atoms with E-state index in [0.29, 0.717) is 25.2 Å². The maximum absolute atomic E-state index is 12.1. The topological polar surface area (TPSA) is 58.6 Å². The van der Waals surface area contributed by atoms with Crippen LogP contribution in [0.25, 0.3) is 0 Å². The minimum absolute atomic E-state index is 0.00518. The SMILES string of the molecule is O=C(CCCOc1cccc(Br)c1)NC1CCc2c(O)cccc21. The van der Waals surface area contributed by atoms with Crippen molar-refractivity contribution in [1.82, 2.24) is 5.32 Å². The maximum atomic E-state index is 12.1. The highest BCUT2D eigenvalue weighted by Crippen LogP contribution is 2.36. The lowest BCUT2D eigenvalue weighted by molar-refractivity contribution is -0.122. The van der Waals surface area contributed by atoms with Crippen molar-refractivity contribution in [3.8, 4) is 11.5 Å². The molecule has 2 aromatic rings. The normalized spacial score (nSPS) is 15.8.